The highest BCUT2D eigenvalue weighted by atomic mass is 16.1. The molecule has 2 heterocycles. The number of nitrogens with zero attached hydrogens (tertiary/aromatic N) is 2. The Balaban J connectivity index is 1.24. The Hall–Kier alpha value is -4.88. The van der Waals surface area contributed by atoms with Gasteiger partial charge in [-0.05, 0) is 72.0 Å². The average Bonchev–Trinajstić information content (AvgIpc) is 3.41. The summed E-state index contributed by atoms with van der Waals surface area (Å²) in [5, 5.41) is 7.96. The maximum Gasteiger partial charge on any atom is 0.220 e. The van der Waals surface area contributed by atoms with E-state index in [4.69, 9.17) is 6.42 Å². The van der Waals surface area contributed by atoms with Gasteiger partial charge in [0.2, 0.25) is 11.6 Å². The first kappa shape index (κ1) is 32.1. The average molecular weight is 621 g/mol. The molecular formula is C43H46N3O+. The molecule has 4 nitrogen and oxygen atoms in total. The fraction of sp³-hybridized carbons (Fsp3) is 0.302. The Morgan fingerprint density at radius 1 is 0.830 bits per heavy atom. The molecule has 0 fully saturated rings. The molecule has 4 aromatic rings. The summed E-state index contributed by atoms with van der Waals surface area (Å²) < 4.78 is 2.34. The van der Waals surface area contributed by atoms with Crippen molar-refractivity contribution >= 4 is 44.5 Å². The maximum absolute atomic E-state index is 12.0. The number of carbonyl (C=O) groups is 1. The molecule has 0 bridgehead atoms. The fourth-order valence-corrected chi connectivity index (χ4v) is 7.80. The minimum atomic E-state index is -0.162. The van der Waals surface area contributed by atoms with Gasteiger partial charge in [0.15, 0.2) is 5.71 Å². The van der Waals surface area contributed by atoms with E-state index in [1.807, 2.05) is 0 Å². The van der Waals surface area contributed by atoms with E-state index >= 15 is 0 Å². The Bertz CT molecular complexity index is 2010. The molecule has 2 aliphatic rings. The highest BCUT2D eigenvalue weighted by Crippen LogP contribution is 2.51. The van der Waals surface area contributed by atoms with Crippen LogP contribution in [0.1, 0.15) is 64.5 Å². The largest absolute Gasteiger partial charge is 0.345 e. The smallest absolute Gasteiger partial charge is 0.220 e. The van der Waals surface area contributed by atoms with Gasteiger partial charge in [-0.25, -0.2) is 0 Å². The molecule has 4 aromatic carbocycles. The van der Waals surface area contributed by atoms with Gasteiger partial charge in [-0.3, -0.25) is 4.79 Å². The van der Waals surface area contributed by atoms with Crippen molar-refractivity contribution in [2.45, 2.75) is 64.2 Å². The van der Waals surface area contributed by atoms with E-state index < -0.39 is 0 Å². The van der Waals surface area contributed by atoms with Crippen LogP contribution in [0.2, 0.25) is 0 Å². The van der Waals surface area contributed by atoms with Crippen molar-refractivity contribution in [2.75, 3.05) is 25.0 Å². The molecule has 0 unspecified atom stereocenters. The van der Waals surface area contributed by atoms with Crippen LogP contribution < -0.4 is 10.2 Å². The first-order valence-corrected chi connectivity index (χ1v) is 16.8. The van der Waals surface area contributed by atoms with Crippen molar-refractivity contribution in [1.29, 1.82) is 0 Å². The zero-order valence-corrected chi connectivity index (χ0v) is 28.4. The number of terminal acetylenes is 1. The molecule has 0 saturated heterocycles. The van der Waals surface area contributed by atoms with Crippen LogP contribution in [0.4, 0.5) is 11.4 Å². The molecule has 2 aliphatic heterocycles. The topological polar surface area (TPSA) is 35.4 Å². The van der Waals surface area contributed by atoms with E-state index in [0.717, 1.165) is 25.8 Å². The van der Waals surface area contributed by atoms with Crippen LogP contribution in [-0.4, -0.2) is 36.3 Å². The summed E-state index contributed by atoms with van der Waals surface area (Å²) in [5.74, 6) is 2.50. The van der Waals surface area contributed by atoms with Gasteiger partial charge in [0.05, 0.1) is 12.0 Å². The maximum atomic E-state index is 12.0. The van der Waals surface area contributed by atoms with Gasteiger partial charge < -0.3 is 10.2 Å². The lowest BCUT2D eigenvalue weighted by Crippen LogP contribution is -2.27. The van der Waals surface area contributed by atoms with Gasteiger partial charge in [-0.15, -0.1) is 6.42 Å². The predicted octanol–water partition coefficient (Wildman–Crippen LogP) is 9.10. The van der Waals surface area contributed by atoms with E-state index in [1.165, 1.54) is 55.5 Å². The molecule has 1 N–H and O–H groups in total. The number of nitrogens with one attached hydrogen (secondary N) is 1. The van der Waals surface area contributed by atoms with E-state index in [-0.39, 0.29) is 16.7 Å². The molecule has 0 atom stereocenters. The van der Waals surface area contributed by atoms with Crippen molar-refractivity contribution in [3.63, 3.8) is 0 Å². The molecular weight excluding hydrogens is 574 g/mol. The Morgan fingerprint density at radius 3 is 2.23 bits per heavy atom. The number of carbonyl (C=O) groups excluding carboxylic acids is 1. The highest BCUT2D eigenvalue weighted by molar-refractivity contribution is 6.07. The standard InChI is InChI=1S/C43H45N3O/c1-7-29-44-39(47)24-12-9-17-30-46-36-28-26-32-19-14-16-21-34(32)41(36)43(4,5)38(46)23-11-8-10-22-37-42(2,3)40-33-20-15-13-18-31(33)25-27-35(40)45(37)6/h1,8,10-11,13-16,18-23,25-28H,9,12,17,24,29-30H2,2-6H3/p+1. The Kier molecular flexibility index (Phi) is 8.93. The Morgan fingerprint density at radius 2 is 1.51 bits per heavy atom. The minimum Gasteiger partial charge on any atom is -0.345 e. The zero-order valence-electron chi connectivity index (χ0n) is 28.4. The first-order valence-electron chi connectivity index (χ1n) is 16.8. The van der Waals surface area contributed by atoms with Gasteiger partial charge in [0, 0.05) is 47.5 Å². The molecule has 6 rings (SSSR count). The van der Waals surface area contributed by atoms with E-state index in [0.29, 0.717) is 13.0 Å². The van der Waals surface area contributed by atoms with E-state index in [9.17, 15) is 4.79 Å². The third-order valence-electron chi connectivity index (χ3n) is 10.1. The molecule has 0 radical (unpaired) electrons. The van der Waals surface area contributed by atoms with Crippen molar-refractivity contribution < 1.29 is 9.37 Å². The third kappa shape index (κ3) is 5.92. The SMILES string of the molecule is C#CCNC(=O)CCCCCN1/C(=C/C=C/C=C/C2=[N+](C)c3ccc4ccccc4c3C2(C)C)C(C)(C)c2c1ccc1ccccc21. The normalized spacial score (nSPS) is 17.3. The van der Waals surface area contributed by atoms with E-state index in [1.54, 1.807) is 0 Å². The molecule has 0 aliphatic carbocycles. The summed E-state index contributed by atoms with van der Waals surface area (Å²) in [6, 6.07) is 26.4. The molecule has 0 saturated carbocycles. The number of anilines is 1. The van der Waals surface area contributed by atoms with Crippen LogP contribution >= 0.6 is 0 Å². The zero-order chi connectivity index (χ0) is 33.2. The van der Waals surface area contributed by atoms with Gasteiger partial charge >= 0.3 is 0 Å². The van der Waals surface area contributed by atoms with Crippen LogP contribution in [-0.2, 0) is 15.6 Å². The summed E-state index contributed by atoms with van der Waals surface area (Å²) in [6.07, 6.45) is 19.7. The van der Waals surface area contributed by atoms with Gasteiger partial charge in [0.1, 0.15) is 7.05 Å². The second-order valence-electron chi connectivity index (χ2n) is 13.8. The Labute approximate surface area is 280 Å². The van der Waals surface area contributed by atoms with Crippen molar-refractivity contribution in [2.24, 2.45) is 0 Å². The molecule has 47 heavy (non-hydrogen) atoms. The predicted molar refractivity (Wildman–Crippen MR) is 199 cm³/mol. The van der Waals surface area contributed by atoms with Crippen LogP contribution in [0.15, 0.2) is 109 Å². The summed E-state index contributed by atoms with van der Waals surface area (Å²) in [4.78, 5) is 14.5. The fourth-order valence-electron chi connectivity index (χ4n) is 7.80. The van der Waals surface area contributed by atoms with E-state index in [2.05, 4.69) is 159 Å². The molecule has 0 spiro atoms. The molecule has 238 valence electrons. The summed E-state index contributed by atoms with van der Waals surface area (Å²) in [5.41, 5.74) is 7.65. The number of hydrogen-bond acceptors (Lipinski definition) is 2. The first-order chi connectivity index (χ1) is 22.7. The lowest BCUT2D eigenvalue weighted by Gasteiger charge is -2.27. The lowest BCUT2D eigenvalue weighted by atomic mass is 9.79. The number of hydrogen-bond donors (Lipinski definition) is 1. The second-order valence-corrected chi connectivity index (χ2v) is 13.8. The number of rotatable bonds is 10. The van der Waals surface area contributed by atoms with Gasteiger partial charge in [0.25, 0.3) is 0 Å². The number of benzene rings is 4. The number of fused-ring (bicyclic) bond motifs is 6. The van der Waals surface area contributed by atoms with Gasteiger partial charge in [-0.1, -0.05) is 99.0 Å². The third-order valence-corrected chi connectivity index (χ3v) is 10.1. The lowest BCUT2D eigenvalue weighted by molar-refractivity contribution is -0.401. The van der Waals surface area contributed by atoms with Crippen LogP contribution in [0.5, 0.6) is 0 Å². The molecule has 0 aromatic heterocycles. The number of unbranched alkanes of at least 4 members (excludes halogenated alkanes) is 2. The molecule has 4 heteroatoms. The quantitative estimate of drug-likeness (QED) is 0.0831. The summed E-state index contributed by atoms with van der Waals surface area (Å²) in [7, 11) is 2.18. The number of allylic oxidation sites excluding steroid dienone is 6. The summed E-state index contributed by atoms with van der Waals surface area (Å²) in [6.45, 7) is 10.5. The van der Waals surface area contributed by atoms with Crippen LogP contribution in [0, 0.1) is 12.3 Å². The van der Waals surface area contributed by atoms with Crippen molar-refractivity contribution in [3.05, 3.63) is 120 Å². The highest BCUT2D eigenvalue weighted by Gasteiger charge is 2.44. The van der Waals surface area contributed by atoms with Crippen molar-refractivity contribution in [1.82, 2.24) is 5.32 Å². The van der Waals surface area contributed by atoms with Crippen molar-refractivity contribution in [3.8, 4) is 12.3 Å². The summed E-state index contributed by atoms with van der Waals surface area (Å²) >= 11 is 0. The van der Waals surface area contributed by atoms with Gasteiger partial charge in [-0.2, -0.15) is 4.58 Å². The van der Waals surface area contributed by atoms with Crippen LogP contribution in [0.3, 0.4) is 0 Å². The molecule has 1 amide bonds. The minimum absolute atomic E-state index is 0.0310. The number of amides is 1. The van der Waals surface area contributed by atoms with Crippen LogP contribution in [0.25, 0.3) is 21.5 Å². The monoisotopic (exact) mass is 620 g/mol. The second kappa shape index (κ2) is 13.1.